The van der Waals surface area contributed by atoms with Gasteiger partial charge in [0, 0.05) is 29.6 Å². The molecule has 0 spiro atoms. The number of sulfonamides is 1. The van der Waals surface area contributed by atoms with E-state index in [4.69, 9.17) is 46.4 Å². The average Bonchev–Trinajstić information content (AvgIpc) is 3.02. The number of anilines is 1. The second kappa shape index (κ2) is 15.8. The zero-order valence-corrected chi connectivity index (χ0v) is 28.1. The van der Waals surface area contributed by atoms with Crippen molar-refractivity contribution in [2.45, 2.75) is 37.2 Å². The summed E-state index contributed by atoms with van der Waals surface area (Å²) in [5.74, 6) is -0.991. The van der Waals surface area contributed by atoms with Gasteiger partial charge >= 0.3 is 0 Å². The molecule has 0 aromatic heterocycles. The van der Waals surface area contributed by atoms with Crippen molar-refractivity contribution in [2.24, 2.45) is 0 Å². The predicted molar refractivity (Wildman–Crippen MR) is 182 cm³/mol. The Labute approximate surface area is 283 Å². The Morgan fingerprint density at radius 2 is 1.49 bits per heavy atom. The summed E-state index contributed by atoms with van der Waals surface area (Å²) in [6, 6.07) is 25.1. The number of benzene rings is 4. The van der Waals surface area contributed by atoms with Gasteiger partial charge in [0.1, 0.15) is 12.6 Å². The lowest BCUT2D eigenvalue weighted by Gasteiger charge is -2.34. The SMILES string of the molecule is CCCNC(=O)[C@H](Cc1ccccc1)N(Cc1ccc(Cl)c(Cl)c1)C(=O)CN(c1cccc(Cl)c1)S(=O)(=O)c1ccc(Cl)cc1. The van der Waals surface area contributed by atoms with Gasteiger partial charge in [0.2, 0.25) is 11.8 Å². The Kier molecular flexibility index (Phi) is 12.2. The molecule has 0 fully saturated rings. The van der Waals surface area contributed by atoms with Crippen LogP contribution in [0.3, 0.4) is 0 Å². The van der Waals surface area contributed by atoms with Crippen LogP contribution in [0.5, 0.6) is 0 Å². The summed E-state index contributed by atoms with van der Waals surface area (Å²) in [4.78, 5) is 29.4. The minimum absolute atomic E-state index is 0.0445. The summed E-state index contributed by atoms with van der Waals surface area (Å²) >= 11 is 24.8. The molecule has 0 aliphatic carbocycles. The smallest absolute Gasteiger partial charge is 0.264 e. The Balaban J connectivity index is 1.81. The number of nitrogens with zero attached hydrogens (tertiary/aromatic N) is 2. The fraction of sp³-hybridized carbons (Fsp3) is 0.212. The fourth-order valence-electron chi connectivity index (χ4n) is 4.65. The minimum atomic E-state index is -4.29. The molecule has 0 unspecified atom stereocenters. The summed E-state index contributed by atoms with van der Waals surface area (Å²) in [6.45, 7) is 1.66. The van der Waals surface area contributed by atoms with Crippen LogP contribution in [0.15, 0.2) is 102 Å². The van der Waals surface area contributed by atoms with E-state index in [0.29, 0.717) is 28.6 Å². The molecule has 1 atom stereocenters. The molecule has 0 bridgehead atoms. The second-order valence-electron chi connectivity index (χ2n) is 10.2. The van der Waals surface area contributed by atoms with Crippen molar-refractivity contribution < 1.29 is 18.0 Å². The van der Waals surface area contributed by atoms with Gasteiger partial charge < -0.3 is 10.2 Å². The fourth-order valence-corrected chi connectivity index (χ4v) is 6.69. The molecular weight excluding hydrogens is 676 g/mol. The van der Waals surface area contributed by atoms with E-state index in [1.54, 1.807) is 36.4 Å². The van der Waals surface area contributed by atoms with Crippen LogP contribution in [0.25, 0.3) is 0 Å². The molecule has 0 aliphatic rings. The molecule has 4 aromatic carbocycles. The van der Waals surface area contributed by atoms with Crippen molar-refractivity contribution in [1.82, 2.24) is 10.2 Å². The highest BCUT2D eigenvalue weighted by molar-refractivity contribution is 7.92. The molecule has 236 valence electrons. The number of hydrogen-bond acceptors (Lipinski definition) is 4. The van der Waals surface area contributed by atoms with Crippen molar-refractivity contribution in [3.05, 3.63) is 128 Å². The Bertz CT molecular complexity index is 1740. The van der Waals surface area contributed by atoms with Crippen molar-refractivity contribution in [1.29, 1.82) is 0 Å². The molecule has 2 amide bonds. The van der Waals surface area contributed by atoms with Crippen LogP contribution < -0.4 is 9.62 Å². The van der Waals surface area contributed by atoms with Crippen molar-refractivity contribution in [3.8, 4) is 0 Å². The predicted octanol–water partition coefficient (Wildman–Crippen LogP) is 7.66. The van der Waals surface area contributed by atoms with Crippen molar-refractivity contribution in [3.63, 3.8) is 0 Å². The van der Waals surface area contributed by atoms with Crippen LogP contribution in [0.2, 0.25) is 20.1 Å². The van der Waals surface area contributed by atoms with Gasteiger partial charge in [-0.3, -0.25) is 13.9 Å². The van der Waals surface area contributed by atoms with Crippen LogP contribution in [0.4, 0.5) is 5.69 Å². The number of carbonyl (C=O) groups excluding carboxylic acids is 2. The molecule has 4 rings (SSSR count). The molecule has 0 saturated carbocycles. The zero-order chi connectivity index (χ0) is 32.6. The van der Waals surface area contributed by atoms with Gasteiger partial charge in [-0.2, -0.15) is 0 Å². The number of carbonyl (C=O) groups is 2. The third-order valence-corrected chi connectivity index (χ3v) is 9.95. The highest BCUT2D eigenvalue weighted by Gasteiger charge is 2.34. The lowest BCUT2D eigenvalue weighted by atomic mass is 10.0. The van der Waals surface area contributed by atoms with Crippen LogP contribution in [0, 0.1) is 0 Å². The van der Waals surface area contributed by atoms with Crippen LogP contribution in [0.1, 0.15) is 24.5 Å². The minimum Gasteiger partial charge on any atom is -0.354 e. The first-order valence-electron chi connectivity index (χ1n) is 14.1. The third-order valence-electron chi connectivity index (χ3n) is 6.93. The highest BCUT2D eigenvalue weighted by Crippen LogP contribution is 2.29. The second-order valence-corrected chi connectivity index (χ2v) is 13.8. The lowest BCUT2D eigenvalue weighted by Crippen LogP contribution is -2.53. The van der Waals surface area contributed by atoms with Gasteiger partial charge in [0.05, 0.1) is 20.6 Å². The number of rotatable bonds is 13. The molecule has 1 N–H and O–H groups in total. The largest absolute Gasteiger partial charge is 0.354 e. The van der Waals surface area contributed by atoms with E-state index in [1.807, 2.05) is 37.3 Å². The van der Waals surface area contributed by atoms with E-state index >= 15 is 0 Å². The van der Waals surface area contributed by atoms with Gasteiger partial charge in [-0.25, -0.2) is 8.42 Å². The van der Waals surface area contributed by atoms with Gasteiger partial charge in [0.25, 0.3) is 10.0 Å². The molecule has 0 saturated heterocycles. The van der Waals surface area contributed by atoms with Crippen LogP contribution in [-0.2, 0) is 32.6 Å². The van der Waals surface area contributed by atoms with E-state index in [0.717, 1.165) is 9.87 Å². The first-order valence-corrected chi connectivity index (χ1v) is 17.0. The summed E-state index contributed by atoms with van der Waals surface area (Å²) in [6.07, 6.45) is 0.872. The van der Waals surface area contributed by atoms with E-state index < -0.39 is 28.5 Å². The van der Waals surface area contributed by atoms with Gasteiger partial charge in [-0.05, 0) is 72.1 Å². The van der Waals surface area contributed by atoms with Gasteiger partial charge in [-0.15, -0.1) is 0 Å². The summed E-state index contributed by atoms with van der Waals surface area (Å²) in [5, 5.41) is 4.16. The molecule has 12 heteroatoms. The van der Waals surface area contributed by atoms with E-state index in [1.165, 1.54) is 35.2 Å². The Morgan fingerprint density at radius 1 is 0.778 bits per heavy atom. The number of nitrogens with one attached hydrogen (secondary N) is 1. The maximum atomic E-state index is 14.4. The molecule has 0 heterocycles. The first-order chi connectivity index (χ1) is 21.5. The standard InChI is InChI=1S/C33H31Cl4N3O4S/c1-2-17-38-33(42)31(19-23-7-4-3-5-8-23)39(21-24-11-16-29(36)30(37)18-24)32(41)22-40(27-10-6-9-26(35)20-27)45(43,44)28-14-12-25(34)13-15-28/h3-16,18,20,31H,2,17,19,21-22H2,1H3,(H,38,42)/t31-/m0/s1. The van der Waals surface area contributed by atoms with E-state index in [9.17, 15) is 18.0 Å². The Hall–Kier alpha value is -3.27. The number of hydrogen-bond donors (Lipinski definition) is 1. The highest BCUT2D eigenvalue weighted by atomic mass is 35.5. The van der Waals surface area contributed by atoms with Crippen molar-refractivity contribution in [2.75, 3.05) is 17.4 Å². The molecule has 7 nitrogen and oxygen atoms in total. The topological polar surface area (TPSA) is 86.8 Å². The molecule has 45 heavy (non-hydrogen) atoms. The van der Waals surface area contributed by atoms with E-state index in [2.05, 4.69) is 5.32 Å². The number of halogens is 4. The molecule has 4 aromatic rings. The molecule has 0 radical (unpaired) electrons. The molecular formula is C33H31Cl4N3O4S. The maximum absolute atomic E-state index is 14.4. The monoisotopic (exact) mass is 705 g/mol. The van der Waals surface area contributed by atoms with Gasteiger partial charge in [-0.1, -0.05) is 95.8 Å². The molecule has 0 aliphatic heterocycles. The summed E-state index contributed by atoms with van der Waals surface area (Å²) in [5.41, 5.74) is 1.60. The average molecular weight is 708 g/mol. The maximum Gasteiger partial charge on any atom is 0.264 e. The van der Waals surface area contributed by atoms with E-state index in [-0.39, 0.29) is 39.5 Å². The number of amides is 2. The van der Waals surface area contributed by atoms with Crippen molar-refractivity contribution >= 4 is 73.9 Å². The van der Waals surface area contributed by atoms with Crippen LogP contribution in [-0.4, -0.2) is 44.3 Å². The third kappa shape index (κ3) is 9.15. The lowest BCUT2D eigenvalue weighted by molar-refractivity contribution is -0.140. The zero-order valence-electron chi connectivity index (χ0n) is 24.3. The van der Waals surface area contributed by atoms with Gasteiger partial charge in [0.15, 0.2) is 0 Å². The quantitative estimate of drug-likeness (QED) is 0.155. The summed E-state index contributed by atoms with van der Waals surface area (Å²) < 4.78 is 29.1. The normalized spacial score (nSPS) is 11.9. The first kappa shape index (κ1) is 34.6. The summed E-state index contributed by atoms with van der Waals surface area (Å²) in [7, 11) is -4.29. The van der Waals surface area contributed by atoms with Crippen LogP contribution >= 0.6 is 46.4 Å². The Morgan fingerprint density at radius 3 is 2.13 bits per heavy atom.